The molecule has 5 nitrogen and oxygen atoms in total. The number of carboxylic acid groups (broad SMARTS) is 1. The molecule has 1 saturated heterocycles. The lowest BCUT2D eigenvalue weighted by Gasteiger charge is -2.28. The number of aliphatic carboxylic acids is 1. The fraction of sp³-hybridized carbons (Fsp3) is 0.714. The van der Waals surface area contributed by atoms with Crippen molar-refractivity contribution in [3.05, 3.63) is 0 Å². The molecule has 1 rings (SSSR count). The van der Waals surface area contributed by atoms with Crippen LogP contribution in [-0.2, 0) is 9.59 Å². The molecule has 18 heavy (non-hydrogen) atoms. The standard InChI is InChI=1S/C5H7F3N2O.C2HF3O2/c6-5(7,8)4(11)10-3-1-9-2-3;3-2(4,5)1(6)7/h3,9H,1-2H2,(H,10,11);(H,6,7). The quantitative estimate of drug-likeness (QED) is 0.603. The van der Waals surface area contributed by atoms with Gasteiger partial charge < -0.3 is 15.7 Å². The summed E-state index contributed by atoms with van der Waals surface area (Å²) in [4.78, 5) is 19.1. The molecule has 0 spiro atoms. The first-order valence-corrected chi connectivity index (χ1v) is 4.33. The van der Waals surface area contributed by atoms with Gasteiger partial charge in [0.05, 0.1) is 6.04 Å². The van der Waals surface area contributed by atoms with Gasteiger partial charge in [-0.15, -0.1) is 0 Å². The molecule has 0 aromatic carbocycles. The average Bonchev–Trinajstić information content (AvgIpc) is 2.08. The Morgan fingerprint density at radius 3 is 1.61 bits per heavy atom. The van der Waals surface area contributed by atoms with Gasteiger partial charge in [-0.2, -0.15) is 26.3 Å². The summed E-state index contributed by atoms with van der Waals surface area (Å²) >= 11 is 0. The Balaban J connectivity index is 0.000000360. The van der Waals surface area contributed by atoms with E-state index in [1.54, 1.807) is 0 Å². The van der Waals surface area contributed by atoms with Crippen LogP contribution in [0.25, 0.3) is 0 Å². The highest BCUT2D eigenvalue weighted by molar-refractivity contribution is 5.82. The molecule has 1 amide bonds. The van der Waals surface area contributed by atoms with Crippen LogP contribution in [0.3, 0.4) is 0 Å². The van der Waals surface area contributed by atoms with Crippen LogP contribution in [0.15, 0.2) is 0 Å². The maximum absolute atomic E-state index is 11.5. The molecule has 0 bridgehead atoms. The third-order valence-electron chi connectivity index (χ3n) is 1.62. The first-order chi connectivity index (χ1) is 7.94. The second-order valence-corrected chi connectivity index (χ2v) is 3.13. The Morgan fingerprint density at radius 1 is 1.06 bits per heavy atom. The van der Waals surface area contributed by atoms with Crippen molar-refractivity contribution >= 4 is 11.9 Å². The van der Waals surface area contributed by atoms with Crippen LogP contribution in [0, 0.1) is 0 Å². The zero-order valence-electron chi connectivity index (χ0n) is 8.52. The number of amides is 1. The van der Waals surface area contributed by atoms with Crippen molar-refractivity contribution in [2.24, 2.45) is 0 Å². The van der Waals surface area contributed by atoms with Gasteiger partial charge in [0.15, 0.2) is 0 Å². The van der Waals surface area contributed by atoms with Crippen LogP contribution in [0.1, 0.15) is 0 Å². The monoisotopic (exact) mass is 282 g/mol. The second-order valence-electron chi connectivity index (χ2n) is 3.13. The minimum atomic E-state index is -5.08. The van der Waals surface area contributed by atoms with Crippen molar-refractivity contribution in [2.75, 3.05) is 13.1 Å². The van der Waals surface area contributed by atoms with Gasteiger partial charge in [0.2, 0.25) is 0 Å². The van der Waals surface area contributed by atoms with Gasteiger partial charge >= 0.3 is 24.2 Å². The van der Waals surface area contributed by atoms with Crippen molar-refractivity contribution in [1.29, 1.82) is 0 Å². The SMILES string of the molecule is O=C(NC1CNC1)C(F)(F)F.O=C(O)C(F)(F)F. The van der Waals surface area contributed by atoms with Crippen molar-refractivity contribution in [3.8, 4) is 0 Å². The highest BCUT2D eigenvalue weighted by atomic mass is 19.4. The first-order valence-electron chi connectivity index (χ1n) is 4.33. The minimum Gasteiger partial charge on any atom is -0.475 e. The van der Waals surface area contributed by atoms with Crippen molar-refractivity contribution in [3.63, 3.8) is 0 Å². The van der Waals surface area contributed by atoms with E-state index in [2.05, 4.69) is 5.32 Å². The van der Waals surface area contributed by atoms with Gasteiger partial charge in [0, 0.05) is 13.1 Å². The van der Waals surface area contributed by atoms with E-state index in [0.29, 0.717) is 13.1 Å². The number of carbonyl (C=O) groups excluding carboxylic acids is 1. The van der Waals surface area contributed by atoms with Crippen molar-refractivity contribution in [1.82, 2.24) is 10.6 Å². The molecule has 1 aliphatic rings. The molecule has 0 saturated carbocycles. The molecular formula is C7H8F6N2O3. The predicted molar refractivity (Wildman–Crippen MR) is 44.5 cm³/mol. The van der Waals surface area contributed by atoms with Gasteiger partial charge in [-0.25, -0.2) is 4.79 Å². The molecule has 0 aromatic rings. The molecule has 0 unspecified atom stereocenters. The van der Waals surface area contributed by atoms with Crippen molar-refractivity contribution in [2.45, 2.75) is 18.4 Å². The maximum Gasteiger partial charge on any atom is 0.490 e. The molecule has 0 atom stereocenters. The molecule has 3 N–H and O–H groups in total. The summed E-state index contributed by atoms with van der Waals surface area (Å²) in [6.07, 6.45) is -9.84. The summed E-state index contributed by atoms with van der Waals surface area (Å²) in [6.45, 7) is 0.837. The van der Waals surface area contributed by atoms with Gasteiger partial charge in [0.25, 0.3) is 0 Å². The van der Waals surface area contributed by atoms with E-state index in [-0.39, 0.29) is 6.04 Å². The second kappa shape index (κ2) is 5.89. The maximum atomic E-state index is 11.5. The fourth-order valence-corrected chi connectivity index (χ4v) is 0.658. The number of carboxylic acids is 1. The highest BCUT2D eigenvalue weighted by Gasteiger charge is 2.40. The van der Waals surface area contributed by atoms with Crippen molar-refractivity contribution < 1.29 is 41.0 Å². The molecule has 1 aliphatic heterocycles. The Morgan fingerprint density at radius 2 is 1.44 bits per heavy atom. The van der Waals surface area contributed by atoms with E-state index in [9.17, 15) is 31.1 Å². The largest absolute Gasteiger partial charge is 0.490 e. The summed E-state index contributed by atoms with van der Waals surface area (Å²) in [5.41, 5.74) is 0. The average molecular weight is 282 g/mol. The Kier molecular flexibility index (Phi) is 5.39. The lowest BCUT2D eigenvalue weighted by atomic mass is 10.2. The van der Waals surface area contributed by atoms with Gasteiger partial charge in [-0.1, -0.05) is 0 Å². The predicted octanol–water partition coefficient (Wildman–Crippen LogP) is 0.270. The van der Waals surface area contributed by atoms with Crippen LogP contribution < -0.4 is 10.6 Å². The number of halogens is 6. The minimum absolute atomic E-state index is 0.357. The van der Waals surface area contributed by atoms with Crippen LogP contribution in [-0.4, -0.2) is 48.5 Å². The fourth-order valence-electron chi connectivity index (χ4n) is 0.658. The third-order valence-corrected chi connectivity index (χ3v) is 1.62. The van der Waals surface area contributed by atoms with E-state index in [1.165, 1.54) is 0 Å². The number of alkyl halides is 6. The number of hydrogen-bond acceptors (Lipinski definition) is 3. The first kappa shape index (κ1) is 16.5. The summed E-state index contributed by atoms with van der Waals surface area (Å²) in [7, 11) is 0. The van der Waals surface area contributed by atoms with E-state index in [0.717, 1.165) is 0 Å². The topological polar surface area (TPSA) is 78.4 Å². The Labute approximate surface area is 96.1 Å². The van der Waals surface area contributed by atoms with Crippen LogP contribution in [0.4, 0.5) is 26.3 Å². The van der Waals surface area contributed by atoms with Crippen LogP contribution in [0.2, 0.25) is 0 Å². The highest BCUT2D eigenvalue weighted by Crippen LogP contribution is 2.14. The number of carbonyl (C=O) groups is 2. The van der Waals surface area contributed by atoms with E-state index in [1.807, 2.05) is 5.32 Å². The summed E-state index contributed by atoms with van der Waals surface area (Å²) in [5, 5.41) is 11.7. The van der Waals surface area contributed by atoms with E-state index >= 15 is 0 Å². The Hall–Kier alpha value is -1.52. The molecule has 0 aliphatic carbocycles. The Bertz CT molecular complexity index is 309. The number of rotatable bonds is 1. The zero-order valence-corrected chi connectivity index (χ0v) is 8.52. The van der Waals surface area contributed by atoms with Gasteiger partial charge in [-0.3, -0.25) is 4.79 Å². The third kappa shape index (κ3) is 6.27. The molecule has 0 aromatic heterocycles. The molecule has 106 valence electrons. The molecule has 11 heteroatoms. The smallest absolute Gasteiger partial charge is 0.475 e. The molecule has 1 fully saturated rings. The molecular weight excluding hydrogens is 274 g/mol. The zero-order chi connectivity index (χ0) is 14.6. The lowest BCUT2D eigenvalue weighted by Crippen LogP contribution is -2.59. The van der Waals surface area contributed by atoms with Gasteiger partial charge in [-0.05, 0) is 0 Å². The molecule has 0 radical (unpaired) electrons. The normalized spacial score (nSPS) is 16.1. The summed E-state index contributed by atoms with van der Waals surface area (Å²) in [6, 6.07) is -0.357. The van der Waals surface area contributed by atoms with Crippen LogP contribution >= 0.6 is 0 Å². The van der Waals surface area contributed by atoms with E-state index in [4.69, 9.17) is 9.90 Å². The summed E-state index contributed by atoms with van der Waals surface area (Å²) < 4.78 is 66.3. The van der Waals surface area contributed by atoms with E-state index < -0.39 is 24.2 Å². The van der Waals surface area contributed by atoms with Crippen LogP contribution in [0.5, 0.6) is 0 Å². The lowest BCUT2D eigenvalue weighted by molar-refractivity contribution is -0.192. The molecule has 1 heterocycles. The number of nitrogens with one attached hydrogen (secondary N) is 2. The van der Waals surface area contributed by atoms with Gasteiger partial charge in [0.1, 0.15) is 0 Å². The summed E-state index contributed by atoms with van der Waals surface area (Å²) in [5.74, 6) is -4.61. The number of hydrogen-bond donors (Lipinski definition) is 3.